The Balaban J connectivity index is 2.14. The molecule has 24 heavy (non-hydrogen) atoms. The number of fused-ring (bicyclic) bond motifs is 1. The van der Waals surface area contributed by atoms with Crippen molar-refractivity contribution in [2.24, 2.45) is 10.9 Å². The SMILES string of the molecule is CC1=C[C@H]2[C@@H](CC1)C(C)(C)N=C(C)N2S(=O)(=O)c1ccc(C)cc1. The number of nitrogens with zero attached hydrogens (tertiary/aromatic N) is 2. The number of rotatable bonds is 2. The summed E-state index contributed by atoms with van der Waals surface area (Å²) in [5.74, 6) is 0.776. The number of allylic oxidation sites excluding steroid dienone is 1. The van der Waals surface area contributed by atoms with E-state index in [-0.39, 0.29) is 17.5 Å². The van der Waals surface area contributed by atoms with E-state index in [0.29, 0.717) is 10.7 Å². The summed E-state index contributed by atoms with van der Waals surface area (Å²) in [6, 6.07) is 6.90. The first-order valence-corrected chi connectivity index (χ1v) is 9.92. The number of hydrogen-bond donors (Lipinski definition) is 0. The molecule has 0 saturated carbocycles. The van der Waals surface area contributed by atoms with Gasteiger partial charge in [-0.1, -0.05) is 29.3 Å². The molecule has 1 heterocycles. The van der Waals surface area contributed by atoms with Crippen LogP contribution in [-0.2, 0) is 10.0 Å². The molecule has 1 aliphatic heterocycles. The molecule has 0 fully saturated rings. The third kappa shape index (κ3) is 2.79. The first kappa shape index (κ1) is 17.2. The fourth-order valence-electron chi connectivity index (χ4n) is 3.97. The van der Waals surface area contributed by atoms with Gasteiger partial charge in [-0.3, -0.25) is 4.99 Å². The Morgan fingerprint density at radius 3 is 2.38 bits per heavy atom. The molecule has 0 aromatic heterocycles. The third-order valence-corrected chi connectivity index (χ3v) is 7.14. The van der Waals surface area contributed by atoms with Crippen molar-refractivity contribution in [1.82, 2.24) is 4.31 Å². The Morgan fingerprint density at radius 1 is 1.12 bits per heavy atom. The molecule has 1 aromatic carbocycles. The van der Waals surface area contributed by atoms with Gasteiger partial charge in [-0.2, -0.15) is 0 Å². The van der Waals surface area contributed by atoms with E-state index in [2.05, 4.69) is 26.8 Å². The maximum atomic E-state index is 13.3. The molecule has 0 unspecified atom stereocenters. The number of hydrogen-bond acceptors (Lipinski definition) is 3. The van der Waals surface area contributed by atoms with Crippen molar-refractivity contribution < 1.29 is 8.42 Å². The summed E-state index contributed by atoms with van der Waals surface area (Å²) >= 11 is 0. The zero-order chi connectivity index (χ0) is 17.7. The Hall–Kier alpha value is -1.62. The number of amidine groups is 1. The summed E-state index contributed by atoms with van der Waals surface area (Å²) < 4.78 is 28.1. The number of aryl methyl sites for hydroxylation is 1. The summed E-state index contributed by atoms with van der Waals surface area (Å²) in [5.41, 5.74) is 2.06. The van der Waals surface area contributed by atoms with Gasteiger partial charge < -0.3 is 0 Å². The molecule has 130 valence electrons. The summed E-state index contributed by atoms with van der Waals surface area (Å²) in [7, 11) is -3.61. The molecule has 1 aliphatic carbocycles. The van der Waals surface area contributed by atoms with E-state index in [4.69, 9.17) is 4.99 Å². The first-order chi connectivity index (χ1) is 11.1. The van der Waals surface area contributed by atoms with Crippen molar-refractivity contribution in [3.8, 4) is 0 Å². The second-order valence-corrected chi connectivity index (χ2v) is 9.39. The zero-order valence-corrected chi connectivity index (χ0v) is 15.9. The van der Waals surface area contributed by atoms with Gasteiger partial charge in [0.05, 0.1) is 16.5 Å². The van der Waals surface area contributed by atoms with Gasteiger partial charge in [0, 0.05) is 5.92 Å². The van der Waals surface area contributed by atoms with Crippen LogP contribution in [0.4, 0.5) is 0 Å². The Labute approximate surface area is 145 Å². The van der Waals surface area contributed by atoms with E-state index in [0.717, 1.165) is 18.4 Å². The summed E-state index contributed by atoms with van der Waals surface area (Å²) in [6.07, 6.45) is 4.11. The predicted molar refractivity (Wildman–Crippen MR) is 97.7 cm³/mol. The zero-order valence-electron chi connectivity index (χ0n) is 15.1. The number of benzene rings is 1. The molecule has 0 bridgehead atoms. The molecule has 2 atom stereocenters. The van der Waals surface area contributed by atoms with Gasteiger partial charge in [-0.25, -0.2) is 12.7 Å². The molecule has 0 radical (unpaired) electrons. The van der Waals surface area contributed by atoms with Crippen LogP contribution < -0.4 is 0 Å². The van der Waals surface area contributed by atoms with Gasteiger partial charge in [0.25, 0.3) is 10.0 Å². The Bertz CT molecular complexity index is 804. The molecular formula is C19H26N2O2S. The minimum absolute atomic E-state index is 0.155. The topological polar surface area (TPSA) is 49.7 Å². The average Bonchev–Trinajstić information content (AvgIpc) is 2.46. The second-order valence-electron chi connectivity index (χ2n) is 7.58. The highest BCUT2D eigenvalue weighted by molar-refractivity contribution is 7.89. The monoisotopic (exact) mass is 346 g/mol. The van der Waals surface area contributed by atoms with Crippen molar-refractivity contribution >= 4 is 15.9 Å². The van der Waals surface area contributed by atoms with E-state index in [1.807, 2.05) is 26.0 Å². The molecule has 0 N–H and O–H groups in total. The van der Waals surface area contributed by atoms with Gasteiger partial charge in [0.15, 0.2) is 0 Å². The standard InChI is InChI=1S/C19H26N2O2S/c1-13-6-9-16(10-7-13)24(22,23)21-15(3)20-19(4,5)17-11-8-14(2)12-18(17)21/h6-7,9-10,12,17-18H,8,11H2,1-5H3/t17-,18+/m1/s1. The van der Waals surface area contributed by atoms with E-state index < -0.39 is 10.0 Å². The lowest BCUT2D eigenvalue weighted by Gasteiger charge is -2.48. The van der Waals surface area contributed by atoms with Crippen LogP contribution in [0.1, 0.15) is 46.1 Å². The van der Waals surface area contributed by atoms with E-state index in [9.17, 15) is 8.42 Å². The molecule has 0 saturated heterocycles. The lowest BCUT2D eigenvalue weighted by molar-refractivity contribution is 0.197. The predicted octanol–water partition coefficient (Wildman–Crippen LogP) is 3.92. The molecule has 2 aliphatic rings. The lowest BCUT2D eigenvalue weighted by atomic mass is 9.73. The molecule has 1 aromatic rings. The van der Waals surface area contributed by atoms with Crippen LogP contribution in [0.5, 0.6) is 0 Å². The maximum Gasteiger partial charge on any atom is 0.265 e. The van der Waals surface area contributed by atoms with Crippen LogP contribution in [0, 0.1) is 12.8 Å². The molecule has 5 heteroatoms. The highest BCUT2D eigenvalue weighted by Gasteiger charge is 2.47. The first-order valence-electron chi connectivity index (χ1n) is 8.48. The van der Waals surface area contributed by atoms with Gasteiger partial charge in [-0.15, -0.1) is 0 Å². The van der Waals surface area contributed by atoms with Crippen molar-refractivity contribution in [2.75, 3.05) is 0 Å². The van der Waals surface area contributed by atoms with Gasteiger partial charge in [-0.05, 0) is 59.6 Å². The minimum Gasteiger partial charge on any atom is -0.265 e. The number of sulfonamides is 1. The quantitative estimate of drug-likeness (QED) is 0.762. The second kappa shape index (κ2) is 5.73. The van der Waals surface area contributed by atoms with Crippen LogP contribution in [-0.4, -0.2) is 30.1 Å². The lowest BCUT2D eigenvalue weighted by Crippen LogP contribution is -2.56. The van der Waals surface area contributed by atoms with E-state index >= 15 is 0 Å². The van der Waals surface area contributed by atoms with Crippen LogP contribution in [0.15, 0.2) is 45.8 Å². The summed E-state index contributed by atoms with van der Waals surface area (Å²) in [5, 5.41) is 0. The Morgan fingerprint density at radius 2 is 1.75 bits per heavy atom. The minimum atomic E-state index is -3.61. The molecule has 3 rings (SSSR count). The van der Waals surface area contributed by atoms with E-state index in [1.54, 1.807) is 12.1 Å². The largest absolute Gasteiger partial charge is 0.265 e. The summed E-state index contributed by atoms with van der Waals surface area (Å²) in [4.78, 5) is 5.08. The highest BCUT2D eigenvalue weighted by Crippen LogP contribution is 2.42. The average molecular weight is 346 g/mol. The van der Waals surface area contributed by atoms with Crippen molar-refractivity contribution in [2.45, 2.75) is 63.9 Å². The normalized spacial score (nSPS) is 26.5. The van der Waals surface area contributed by atoms with Crippen molar-refractivity contribution in [1.29, 1.82) is 0 Å². The van der Waals surface area contributed by atoms with E-state index in [1.165, 1.54) is 9.88 Å². The maximum absolute atomic E-state index is 13.3. The highest BCUT2D eigenvalue weighted by atomic mass is 32.2. The summed E-state index contributed by atoms with van der Waals surface area (Å²) in [6.45, 7) is 10.1. The molecule has 0 spiro atoms. The van der Waals surface area contributed by atoms with Crippen molar-refractivity contribution in [3.05, 3.63) is 41.5 Å². The molecule has 0 amide bonds. The van der Waals surface area contributed by atoms with Crippen molar-refractivity contribution in [3.63, 3.8) is 0 Å². The van der Waals surface area contributed by atoms with Crippen LogP contribution in [0.2, 0.25) is 0 Å². The van der Waals surface area contributed by atoms with Crippen LogP contribution >= 0.6 is 0 Å². The Kier molecular flexibility index (Phi) is 4.11. The number of aliphatic imine (C=N–C) groups is 1. The fourth-order valence-corrected chi connectivity index (χ4v) is 5.59. The smallest absolute Gasteiger partial charge is 0.265 e. The van der Waals surface area contributed by atoms with Crippen LogP contribution in [0.25, 0.3) is 0 Å². The van der Waals surface area contributed by atoms with Gasteiger partial charge in [0.1, 0.15) is 5.84 Å². The molecular weight excluding hydrogens is 320 g/mol. The fraction of sp³-hybridized carbons (Fsp3) is 0.526. The molecule has 4 nitrogen and oxygen atoms in total. The van der Waals surface area contributed by atoms with Gasteiger partial charge in [0.2, 0.25) is 0 Å². The van der Waals surface area contributed by atoms with Crippen LogP contribution in [0.3, 0.4) is 0 Å². The third-order valence-electron chi connectivity index (χ3n) is 5.24. The van der Waals surface area contributed by atoms with Gasteiger partial charge >= 0.3 is 0 Å².